The molecule has 1 aliphatic rings. The predicted octanol–water partition coefficient (Wildman–Crippen LogP) is 3.98. The predicted molar refractivity (Wildman–Crippen MR) is 102 cm³/mol. The number of thiophene rings is 1. The number of hydrogen-bond acceptors (Lipinski definition) is 6. The second kappa shape index (κ2) is 6.61. The molecule has 2 aromatic heterocycles. The van der Waals surface area contributed by atoms with E-state index in [1.807, 2.05) is 12.1 Å². The lowest BCUT2D eigenvalue weighted by molar-refractivity contribution is -0.00537. The van der Waals surface area contributed by atoms with Crippen molar-refractivity contribution >= 4 is 27.4 Å². The van der Waals surface area contributed by atoms with Gasteiger partial charge in [0, 0.05) is 24.0 Å². The van der Waals surface area contributed by atoms with Crippen LogP contribution in [-0.4, -0.2) is 42.4 Å². The van der Waals surface area contributed by atoms with E-state index >= 15 is 0 Å². The molecule has 0 aliphatic carbocycles. The van der Waals surface area contributed by atoms with E-state index < -0.39 is 0 Å². The maximum atomic E-state index is 5.88. The Balaban J connectivity index is 1.81. The lowest BCUT2D eigenvalue weighted by Gasteiger charge is -2.36. The summed E-state index contributed by atoms with van der Waals surface area (Å²) in [5.74, 6) is 1.86. The maximum Gasteiger partial charge on any atom is 0.141 e. The molecule has 130 valence electrons. The second-order valence-corrected chi connectivity index (χ2v) is 7.28. The Morgan fingerprint density at radius 1 is 1.12 bits per heavy atom. The average molecular weight is 355 g/mol. The summed E-state index contributed by atoms with van der Waals surface area (Å²) in [5.41, 5.74) is 2.32. The lowest BCUT2D eigenvalue weighted by Crippen LogP contribution is -2.45. The van der Waals surface area contributed by atoms with Crippen molar-refractivity contribution in [3.05, 3.63) is 36.0 Å². The Hall–Kier alpha value is -2.18. The van der Waals surface area contributed by atoms with Gasteiger partial charge < -0.3 is 14.4 Å². The van der Waals surface area contributed by atoms with E-state index in [1.165, 1.54) is 5.56 Å². The lowest BCUT2D eigenvalue weighted by atomic mass is 10.1. The Bertz CT molecular complexity index is 868. The van der Waals surface area contributed by atoms with Crippen molar-refractivity contribution in [2.24, 2.45) is 0 Å². The van der Waals surface area contributed by atoms with E-state index in [9.17, 15) is 0 Å². The number of methoxy groups -OCH3 is 1. The van der Waals surface area contributed by atoms with Crippen LogP contribution in [0.15, 0.2) is 36.0 Å². The molecule has 0 spiro atoms. The molecule has 0 bridgehead atoms. The van der Waals surface area contributed by atoms with Crippen LogP contribution in [0.5, 0.6) is 5.75 Å². The standard InChI is InChI=1S/C19H21N3O2S/c1-12-8-22(9-13(2)24-12)18-17-16(10-25-19(17)21-11-20-18)14-4-6-15(23-3)7-5-14/h4-7,10-13H,8-9H2,1-3H3/t12-,13-/m1/s1. The number of hydrogen-bond donors (Lipinski definition) is 0. The smallest absolute Gasteiger partial charge is 0.141 e. The Kier molecular flexibility index (Phi) is 4.31. The number of fused-ring (bicyclic) bond motifs is 1. The number of nitrogens with zero attached hydrogens (tertiary/aromatic N) is 3. The summed E-state index contributed by atoms with van der Waals surface area (Å²) >= 11 is 1.66. The summed E-state index contributed by atoms with van der Waals surface area (Å²) in [7, 11) is 1.68. The van der Waals surface area contributed by atoms with Crippen molar-refractivity contribution in [3.8, 4) is 16.9 Å². The SMILES string of the molecule is COc1ccc(-c2csc3ncnc(N4C[C@@H](C)O[C@H](C)C4)c23)cc1. The van der Waals surface area contributed by atoms with E-state index in [2.05, 4.69) is 46.2 Å². The molecule has 1 fully saturated rings. The van der Waals surface area contributed by atoms with Gasteiger partial charge in [0.25, 0.3) is 0 Å². The van der Waals surface area contributed by atoms with Gasteiger partial charge in [-0.25, -0.2) is 9.97 Å². The largest absolute Gasteiger partial charge is 0.497 e. The van der Waals surface area contributed by atoms with Crippen LogP contribution in [0.25, 0.3) is 21.3 Å². The van der Waals surface area contributed by atoms with E-state index in [4.69, 9.17) is 9.47 Å². The number of benzene rings is 1. The van der Waals surface area contributed by atoms with Gasteiger partial charge in [-0.15, -0.1) is 11.3 Å². The molecule has 4 rings (SSSR count). The Morgan fingerprint density at radius 2 is 1.84 bits per heavy atom. The highest BCUT2D eigenvalue weighted by atomic mass is 32.1. The summed E-state index contributed by atoms with van der Waals surface area (Å²) in [5, 5.41) is 3.29. The average Bonchev–Trinajstić information content (AvgIpc) is 3.05. The van der Waals surface area contributed by atoms with Gasteiger partial charge in [-0.05, 0) is 31.5 Å². The van der Waals surface area contributed by atoms with Crippen LogP contribution >= 0.6 is 11.3 Å². The normalized spacial score (nSPS) is 20.8. The highest BCUT2D eigenvalue weighted by Gasteiger charge is 2.26. The molecule has 3 heterocycles. The van der Waals surface area contributed by atoms with Gasteiger partial charge >= 0.3 is 0 Å². The third kappa shape index (κ3) is 3.07. The van der Waals surface area contributed by atoms with E-state index in [-0.39, 0.29) is 12.2 Å². The zero-order valence-corrected chi connectivity index (χ0v) is 15.4. The number of anilines is 1. The third-order valence-corrected chi connectivity index (χ3v) is 5.36. The fraction of sp³-hybridized carbons (Fsp3) is 0.368. The highest BCUT2D eigenvalue weighted by Crippen LogP contribution is 2.38. The van der Waals surface area contributed by atoms with E-state index in [1.54, 1.807) is 24.8 Å². The summed E-state index contributed by atoms with van der Waals surface area (Å²) in [4.78, 5) is 12.5. The van der Waals surface area contributed by atoms with Crippen LogP contribution in [0.3, 0.4) is 0 Å². The van der Waals surface area contributed by atoms with Crippen LogP contribution in [0, 0.1) is 0 Å². The zero-order chi connectivity index (χ0) is 17.4. The van der Waals surface area contributed by atoms with Crippen LogP contribution in [-0.2, 0) is 4.74 Å². The molecule has 3 aromatic rings. The molecular formula is C19H21N3O2S. The Labute approximate surface area is 151 Å². The first-order valence-corrected chi connectivity index (χ1v) is 9.30. The molecule has 0 N–H and O–H groups in total. The fourth-order valence-electron chi connectivity index (χ4n) is 3.43. The molecule has 0 radical (unpaired) electrons. The molecule has 1 saturated heterocycles. The first kappa shape index (κ1) is 16.3. The monoisotopic (exact) mass is 355 g/mol. The van der Waals surface area contributed by atoms with E-state index in [0.717, 1.165) is 40.4 Å². The molecule has 1 aromatic carbocycles. The van der Waals surface area contributed by atoms with Crippen LogP contribution in [0.4, 0.5) is 5.82 Å². The molecule has 0 unspecified atom stereocenters. The van der Waals surface area contributed by atoms with Crippen molar-refractivity contribution in [3.63, 3.8) is 0 Å². The van der Waals surface area contributed by atoms with Gasteiger partial charge in [0.2, 0.25) is 0 Å². The van der Waals surface area contributed by atoms with Gasteiger partial charge in [0.15, 0.2) is 0 Å². The molecule has 0 saturated carbocycles. The topological polar surface area (TPSA) is 47.5 Å². The molecule has 6 heteroatoms. The minimum absolute atomic E-state index is 0.192. The fourth-order valence-corrected chi connectivity index (χ4v) is 4.34. The van der Waals surface area contributed by atoms with Crippen LogP contribution in [0.2, 0.25) is 0 Å². The maximum absolute atomic E-state index is 5.88. The second-order valence-electron chi connectivity index (χ2n) is 6.42. The van der Waals surface area contributed by atoms with Gasteiger partial charge in [-0.3, -0.25) is 0 Å². The van der Waals surface area contributed by atoms with Gasteiger partial charge in [0.05, 0.1) is 24.7 Å². The first-order valence-electron chi connectivity index (χ1n) is 8.42. The minimum atomic E-state index is 0.192. The van der Waals surface area contributed by atoms with Gasteiger partial charge in [-0.1, -0.05) is 12.1 Å². The summed E-state index contributed by atoms with van der Waals surface area (Å²) in [6, 6.07) is 8.14. The van der Waals surface area contributed by atoms with Gasteiger partial charge in [0.1, 0.15) is 22.7 Å². The number of aromatic nitrogens is 2. The molecule has 5 nitrogen and oxygen atoms in total. The first-order chi connectivity index (χ1) is 12.2. The highest BCUT2D eigenvalue weighted by molar-refractivity contribution is 7.17. The molecular weight excluding hydrogens is 334 g/mol. The number of morpholine rings is 1. The number of rotatable bonds is 3. The molecule has 25 heavy (non-hydrogen) atoms. The number of ether oxygens (including phenoxy) is 2. The Morgan fingerprint density at radius 3 is 2.52 bits per heavy atom. The van der Waals surface area contributed by atoms with Crippen molar-refractivity contribution < 1.29 is 9.47 Å². The van der Waals surface area contributed by atoms with Crippen molar-refractivity contribution in [2.75, 3.05) is 25.1 Å². The molecule has 0 amide bonds. The van der Waals surface area contributed by atoms with Crippen LogP contribution < -0.4 is 9.64 Å². The summed E-state index contributed by atoms with van der Waals surface area (Å²) < 4.78 is 11.1. The minimum Gasteiger partial charge on any atom is -0.497 e. The molecule has 1 aliphatic heterocycles. The molecule has 2 atom stereocenters. The van der Waals surface area contributed by atoms with Crippen molar-refractivity contribution in [2.45, 2.75) is 26.1 Å². The van der Waals surface area contributed by atoms with Crippen LogP contribution in [0.1, 0.15) is 13.8 Å². The van der Waals surface area contributed by atoms with Gasteiger partial charge in [-0.2, -0.15) is 0 Å². The van der Waals surface area contributed by atoms with Crippen molar-refractivity contribution in [1.82, 2.24) is 9.97 Å². The van der Waals surface area contributed by atoms with Crippen molar-refractivity contribution in [1.29, 1.82) is 0 Å². The van der Waals surface area contributed by atoms with E-state index in [0.29, 0.717) is 0 Å². The summed E-state index contributed by atoms with van der Waals surface area (Å²) in [6.45, 7) is 5.90. The third-order valence-electron chi connectivity index (χ3n) is 4.47. The zero-order valence-electron chi connectivity index (χ0n) is 14.6. The summed E-state index contributed by atoms with van der Waals surface area (Å²) in [6.07, 6.45) is 2.05. The quantitative estimate of drug-likeness (QED) is 0.711.